The van der Waals surface area contributed by atoms with Crippen molar-refractivity contribution < 1.29 is 23.8 Å². The van der Waals surface area contributed by atoms with E-state index in [-0.39, 0.29) is 24.7 Å². The number of hydrogen-bond donors (Lipinski definition) is 2. The molecule has 0 aliphatic rings. The molecule has 1 heterocycles. The fourth-order valence-corrected chi connectivity index (χ4v) is 2.03. The lowest BCUT2D eigenvalue weighted by Crippen LogP contribution is -2.20. The highest BCUT2D eigenvalue weighted by Gasteiger charge is 2.20. The normalized spacial score (nSPS) is 12.0. The number of esters is 1. The molecule has 7 nitrogen and oxygen atoms in total. The zero-order chi connectivity index (χ0) is 17.0. The molecule has 0 bridgehead atoms. The second kappa shape index (κ2) is 7.01. The van der Waals surface area contributed by atoms with Gasteiger partial charge in [0.25, 0.3) is 5.91 Å². The highest BCUT2D eigenvalue weighted by atomic mass is 19.1. The van der Waals surface area contributed by atoms with Gasteiger partial charge in [-0.1, -0.05) is 12.1 Å². The number of hydrogen-bond acceptors (Lipinski definition) is 5. The summed E-state index contributed by atoms with van der Waals surface area (Å²) in [5.41, 5.74) is 5.61. The Morgan fingerprint density at radius 1 is 1.39 bits per heavy atom. The molecule has 1 atom stereocenters. The molecule has 1 amide bonds. The van der Waals surface area contributed by atoms with E-state index in [0.29, 0.717) is 5.56 Å². The topological polar surface area (TPSA) is 107 Å². The van der Waals surface area contributed by atoms with Crippen molar-refractivity contribution in [3.8, 4) is 0 Å². The van der Waals surface area contributed by atoms with E-state index in [1.54, 1.807) is 6.92 Å². The molecule has 0 fully saturated rings. The summed E-state index contributed by atoms with van der Waals surface area (Å²) in [6, 6.07) is 5.28. The van der Waals surface area contributed by atoms with Crippen LogP contribution in [0.2, 0.25) is 0 Å². The summed E-state index contributed by atoms with van der Waals surface area (Å²) < 4.78 is 19.0. The van der Waals surface area contributed by atoms with Crippen molar-refractivity contribution in [3.63, 3.8) is 0 Å². The standard InChI is InChI=1S/C15H16FN3O4/c1-2-23-15(22)11-7-19(14(18-11)13(17)21)8-12(20)9-3-5-10(16)6-4-9/h3-7,12,20H,2,8H2,1H3,(H2,17,21)/t12-/m0/s1. The van der Waals surface area contributed by atoms with E-state index < -0.39 is 23.8 Å². The maximum Gasteiger partial charge on any atom is 0.358 e. The largest absolute Gasteiger partial charge is 0.461 e. The highest BCUT2D eigenvalue weighted by molar-refractivity contribution is 5.93. The molecule has 0 saturated carbocycles. The molecule has 0 aliphatic carbocycles. The van der Waals surface area contributed by atoms with Crippen LogP contribution >= 0.6 is 0 Å². The molecule has 23 heavy (non-hydrogen) atoms. The minimum absolute atomic E-state index is 0.0731. The van der Waals surface area contributed by atoms with Gasteiger partial charge in [0, 0.05) is 6.20 Å². The second-order valence-corrected chi connectivity index (χ2v) is 4.75. The minimum Gasteiger partial charge on any atom is -0.461 e. The summed E-state index contributed by atoms with van der Waals surface area (Å²) in [5.74, 6) is -2.13. The van der Waals surface area contributed by atoms with E-state index in [0.717, 1.165) is 0 Å². The molecule has 0 unspecified atom stereocenters. The monoisotopic (exact) mass is 321 g/mol. The Hall–Kier alpha value is -2.74. The third-order valence-electron chi connectivity index (χ3n) is 3.11. The average Bonchev–Trinajstić information content (AvgIpc) is 2.92. The molecule has 1 aromatic carbocycles. The number of aliphatic hydroxyl groups is 1. The Morgan fingerprint density at radius 3 is 2.61 bits per heavy atom. The van der Waals surface area contributed by atoms with E-state index in [2.05, 4.69) is 4.98 Å². The van der Waals surface area contributed by atoms with Gasteiger partial charge in [-0.15, -0.1) is 0 Å². The first-order valence-corrected chi connectivity index (χ1v) is 6.90. The molecule has 1 aromatic heterocycles. The molecule has 122 valence electrons. The summed E-state index contributed by atoms with van der Waals surface area (Å²) in [6.45, 7) is 1.73. The van der Waals surface area contributed by atoms with E-state index in [9.17, 15) is 19.1 Å². The molecule has 0 aliphatic heterocycles. The zero-order valence-corrected chi connectivity index (χ0v) is 12.4. The molecule has 2 aromatic rings. The maximum absolute atomic E-state index is 12.9. The average molecular weight is 321 g/mol. The lowest BCUT2D eigenvalue weighted by molar-refractivity contribution is 0.0519. The number of benzene rings is 1. The van der Waals surface area contributed by atoms with E-state index in [4.69, 9.17) is 10.5 Å². The predicted molar refractivity (Wildman–Crippen MR) is 78.1 cm³/mol. The van der Waals surface area contributed by atoms with Crippen LogP contribution in [0, 0.1) is 5.82 Å². The number of amides is 1. The van der Waals surface area contributed by atoms with Crippen molar-refractivity contribution in [3.05, 3.63) is 53.4 Å². The van der Waals surface area contributed by atoms with Gasteiger partial charge < -0.3 is 20.1 Å². The molecule has 0 spiro atoms. The van der Waals surface area contributed by atoms with Crippen molar-refractivity contribution in [1.82, 2.24) is 9.55 Å². The molecule has 0 saturated heterocycles. The fourth-order valence-electron chi connectivity index (χ4n) is 2.03. The molecule has 8 heteroatoms. The number of ether oxygens (including phenoxy) is 1. The Kier molecular flexibility index (Phi) is 5.07. The van der Waals surface area contributed by atoms with Crippen molar-refractivity contribution in [2.24, 2.45) is 5.73 Å². The molecule has 3 N–H and O–H groups in total. The third-order valence-corrected chi connectivity index (χ3v) is 3.11. The first kappa shape index (κ1) is 16.6. The SMILES string of the molecule is CCOC(=O)c1cn(C[C@H](O)c2ccc(F)cc2)c(C(N)=O)n1. The van der Waals surface area contributed by atoms with Crippen LogP contribution in [0.1, 0.15) is 39.7 Å². The Morgan fingerprint density at radius 2 is 2.04 bits per heavy atom. The third kappa shape index (κ3) is 3.92. The van der Waals surface area contributed by atoms with Crippen LogP contribution in [0.3, 0.4) is 0 Å². The summed E-state index contributed by atoms with van der Waals surface area (Å²) >= 11 is 0. The number of carbonyl (C=O) groups excluding carboxylic acids is 2. The maximum atomic E-state index is 12.9. The fraction of sp³-hybridized carbons (Fsp3) is 0.267. The van der Waals surface area contributed by atoms with Crippen LogP contribution in [-0.4, -0.2) is 33.1 Å². The van der Waals surface area contributed by atoms with Crippen LogP contribution in [0.25, 0.3) is 0 Å². The number of aromatic nitrogens is 2. The lowest BCUT2D eigenvalue weighted by atomic mass is 10.1. The van der Waals surface area contributed by atoms with Crippen molar-refractivity contribution in [1.29, 1.82) is 0 Å². The van der Waals surface area contributed by atoms with Gasteiger partial charge in [0.1, 0.15) is 5.82 Å². The van der Waals surface area contributed by atoms with Crippen LogP contribution in [0.5, 0.6) is 0 Å². The van der Waals surface area contributed by atoms with Gasteiger partial charge in [-0.3, -0.25) is 4.79 Å². The number of nitrogens with two attached hydrogens (primary N) is 1. The molecular formula is C15H16FN3O4. The summed E-state index contributed by atoms with van der Waals surface area (Å²) in [7, 11) is 0. The number of primary amides is 1. The quantitative estimate of drug-likeness (QED) is 0.773. The minimum atomic E-state index is -1.03. The van der Waals surface area contributed by atoms with Crippen molar-refractivity contribution in [2.75, 3.05) is 6.61 Å². The van der Waals surface area contributed by atoms with Crippen LogP contribution in [0.4, 0.5) is 4.39 Å². The zero-order valence-electron chi connectivity index (χ0n) is 12.4. The number of carbonyl (C=O) groups is 2. The second-order valence-electron chi connectivity index (χ2n) is 4.75. The summed E-state index contributed by atoms with van der Waals surface area (Å²) in [4.78, 5) is 26.9. The first-order valence-electron chi connectivity index (χ1n) is 6.90. The van der Waals surface area contributed by atoms with E-state index >= 15 is 0 Å². The molecule has 0 radical (unpaired) electrons. The van der Waals surface area contributed by atoms with Crippen LogP contribution < -0.4 is 5.73 Å². The van der Waals surface area contributed by atoms with Gasteiger partial charge in [-0.25, -0.2) is 14.2 Å². The predicted octanol–water partition coefficient (Wildman–Crippen LogP) is 1.03. The highest BCUT2D eigenvalue weighted by Crippen LogP contribution is 2.17. The lowest BCUT2D eigenvalue weighted by Gasteiger charge is -2.13. The number of halogens is 1. The van der Waals surface area contributed by atoms with Gasteiger partial charge in [0.05, 0.1) is 19.3 Å². The van der Waals surface area contributed by atoms with E-state index in [1.807, 2.05) is 0 Å². The first-order chi connectivity index (χ1) is 10.9. The van der Waals surface area contributed by atoms with Gasteiger partial charge in [0.2, 0.25) is 0 Å². The Labute approximate surface area is 131 Å². The van der Waals surface area contributed by atoms with Crippen molar-refractivity contribution >= 4 is 11.9 Å². The van der Waals surface area contributed by atoms with Gasteiger partial charge in [-0.2, -0.15) is 0 Å². The Bertz CT molecular complexity index is 712. The van der Waals surface area contributed by atoms with Gasteiger partial charge in [-0.05, 0) is 24.6 Å². The van der Waals surface area contributed by atoms with Gasteiger partial charge >= 0.3 is 5.97 Å². The van der Waals surface area contributed by atoms with Crippen molar-refractivity contribution in [2.45, 2.75) is 19.6 Å². The van der Waals surface area contributed by atoms with Crippen LogP contribution in [0.15, 0.2) is 30.5 Å². The number of aliphatic hydroxyl groups excluding tert-OH is 1. The summed E-state index contributed by atoms with van der Waals surface area (Å²) in [5, 5.41) is 10.2. The summed E-state index contributed by atoms with van der Waals surface area (Å²) in [6.07, 6.45) is 0.253. The smallest absolute Gasteiger partial charge is 0.358 e. The Balaban J connectivity index is 2.25. The molecule has 2 rings (SSSR count). The van der Waals surface area contributed by atoms with Crippen LogP contribution in [-0.2, 0) is 11.3 Å². The molecular weight excluding hydrogens is 305 g/mol. The van der Waals surface area contributed by atoms with E-state index in [1.165, 1.54) is 35.0 Å². The number of imidazole rings is 1. The number of rotatable bonds is 6. The van der Waals surface area contributed by atoms with Gasteiger partial charge in [0.15, 0.2) is 11.5 Å². The number of nitrogens with zero attached hydrogens (tertiary/aromatic N) is 2.